The fourth-order valence-corrected chi connectivity index (χ4v) is 0.394. The van der Waals surface area contributed by atoms with E-state index < -0.39 is 18.4 Å². The molecule has 0 rings (SSSR count). The molecule has 4 nitrogen and oxygen atoms in total. The maximum absolute atomic E-state index is 11.6. The molecule has 0 fully saturated rings. The van der Waals surface area contributed by atoms with Crippen molar-refractivity contribution in [2.75, 3.05) is 14.2 Å². The average molecular weight is 184 g/mol. The maximum atomic E-state index is 11.6. The molecule has 0 aliphatic carbocycles. The van der Waals surface area contributed by atoms with Gasteiger partial charge in [0.25, 0.3) is 0 Å². The van der Waals surface area contributed by atoms with Crippen LogP contribution in [-0.2, 0) is 19.0 Å². The van der Waals surface area contributed by atoms with Gasteiger partial charge in [-0.05, 0) is 0 Å². The number of rotatable bonds is 4. The summed E-state index contributed by atoms with van der Waals surface area (Å²) >= 11 is 0. The van der Waals surface area contributed by atoms with Crippen LogP contribution in [0.4, 0.5) is 8.78 Å². The van der Waals surface area contributed by atoms with Crippen molar-refractivity contribution in [2.24, 2.45) is 0 Å². The molecule has 0 aliphatic rings. The molecule has 72 valence electrons. The number of methoxy groups -OCH3 is 2. The van der Waals surface area contributed by atoms with E-state index in [-0.39, 0.29) is 0 Å². The number of halogens is 2. The molecule has 0 aromatic rings. The number of hydrogen-bond acceptors (Lipinski definition) is 4. The van der Waals surface area contributed by atoms with Crippen LogP contribution in [-0.4, -0.2) is 32.6 Å². The van der Waals surface area contributed by atoms with E-state index in [0.717, 1.165) is 0 Å². The van der Waals surface area contributed by atoms with E-state index >= 15 is 0 Å². The molecule has 0 heterocycles. The Hall–Kier alpha value is -0.750. The fraction of sp³-hybridized carbons (Fsp3) is 0.833. The highest BCUT2D eigenvalue weighted by molar-refractivity contribution is 5.73. The second kappa shape index (κ2) is 4.32. The summed E-state index contributed by atoms with van der Waals surface area (Å²) in [5.74, 6) is -3.42. The third kappa shape index (κ3) is 3.10. The second-order valence-electron chi connectivity index (χ2n) is 1.99. The Morgan fingerprint density at radius 1 is 1.33 bits per heavy atom. The molecule has 6 heteroatoms. The lowest BCUT2D eigenvalue weighted by Gasteiger charge is -2.24. The van der Waals surface area contributed by atoms with E-state index in [9.17, 15) is 13.6 Å². The highest BCUT2D eigenvalue weighted by Gasteiger charge is 2.32. The molecule has 0 spiro atoms. The molecule has 0 aromatic carbocycles. The van der Waals surface area contributed by atoms with Gasteiger partial charge in [0, 0.05) is 21.1 Å². The van der Waals surface area contributed by atoms with Crippen molar-refractivity contribution in [1.29, 1.82) is 0 Å². The van der Waals surface area contributed by atoms with Crippen LogP contribution in [0.3, 0.4) is 0 Å². The van der Waals surface area contributed by atoms with E-state index in [1.807, 2.05) is 0 Å². The standard InChI is InChI=1S/C6H10F2O4/c1-6(10-2,11-3)12-5(9)4(7)8/h4H,1-3H3. The Balaban J connectivity index is 4.12. The molecule has 0 aliphatic heterocycles. The lowest BCUT2D eigenvalue weighted by molar-refractivity contribution is -0.336. The Bertz CT molecular complexity index is 156. The molecule has 0 unspecified atom stereocenters. The Morgan fingerprint density at radius 3 is 2.00 bits per heavy atom. The number of hydrogen-bond donors (Lipinski definition) is 0. The summed E-state index contributed by atoms with van der Waals surface area (Å²) in [4.78, 5) is 10.3. The van der Waals surface area contributed by atoms with Gasteiger partial charge in [0.15, 0.2) is 0 Å². The van der Waals surface area contributed by atoms with Crippen LogP contribution in [0.5, 0.6) is 0 Å². The van der Waals surface area contributed by atoms with Gasteiger partial charge >= 0.3 is 18.4 Å². The van der Waals surface area contributed by atoms with Crippen molar-refractivity contribution in [2.45, 2.75) is 19.3 Å². The lowest BCUT2D eigenvalue weighted by Crippen LogP contribution is -2.37. The maximum Gasteiger partial charge on any atom is 0.378 e. The first-order valence-electron chi connectivity index (χ1n) is 3.06. The summed E-state index contributed by atoms with van der Waals surface area (Å²) < 4.78 is 36.5. The van der Waals surface area contributed by atoms with Crippen LogP contribution in [0.25, 0.3) is 0 Å². The van der Waals surface area contributed by atoms with Crippen molar-refractivity contribution < 1.29 is 27.8 Å². The number of carbonyl (C=O) groups excluding carboxylic acids is 1. The molecule has 0 aromatic heterocycles. The second-order valence-corrected chi connectivity index (χ2v) is 1.99. The zero-order valence-corrected chi connectivity index (χ0v) is 6.97. The molecular weight excluding hydrogens is 174 g/mol. The van der Waals surface area contributed by atoms with Gasteiger partial charge in [-0.1, -0.05) is 0 Å². The lowest BCUT2D eigenvalue weighted by atomic mass is 10.6. The van der Waals surface area contributed by atoms with Crippen LogP contribution in [0.2, 0.25) is 0 Å². The van der Waals surface area contributed by atoms with Crippen LogP contribution in [0.1, 0.15) is 6.92 Å². The normalized spacial score (nSPS) is 11.8. The summed E-state index contributed by atoms with van der Waals surface area (Å²) in [6.45, 7) is 1.20. The smallest absolute Gasteiger partial charge is 0.378 e. The Labute approximate surface area is 68.4 Å². The quantitative estimate of drug-likeness (QED) is 0.478. The summed E-state index contributed by atoms with van der Waals surface area (Å²) in [7, 11) is 2.34. The van der Waals surface area contributed by atoms with Crippen molar-refractivity contribution in [3.8, 4) is 0 Å². The van der Waals surface area contributed by atoms with E-state index in [2.05, 4.69) is 14.2 Å². The van der Waals surface area contributed by atoms with Gasteiger partial charge in [-0.25, -0.2) is 4.79 Å². The van der Waals surface area contributed by atoms with Gasteiger partial charge in [0.1, 0.15) is 0 Å². The van der Waals surface area contributed by atoms with Gasteiger partial charge in [-0.2, -0.15) is 8.78 Å². The van der Waals surface area contributed by atoms with E-state index in [1.165, 1.54) is 21.1 Å². The zero-order valence-electron chi connectivity index (χ0n) is 6.97. The zero-order chi connectivity index (χ0) is 9.78. The average Bonchev–Trinajstić information content (AvgIpc) is 2.04. The largest absolute Gasteiger partial charge is 0.404 e. The van der Waals surface area contributed by atoms with Gasteiger partial charge in [0.2, 0.25) is 0 Å². The Morgan fingerprint density at radius 2 is 1.75 bits per heavy atom. The molecule has 0 saturated carbocycles. The predicted octanol–water partition coefficient (Wildman–Crippen LogP) is 0.761. The fourth-order valence-electron chi connectivity index (χ4n) is 0.394. The molecule has 0 bridgehead atoms. The number of carbonyl (C=O) groups is 1. The van der Waals surface area contributed by atoms with Crippen molar-refractivity contribution >= 4 is 5.97 Å². The molecule has 0 saturated heterocycles. The van der Waals surface area contributed by atoms with E-state index in [4.69, 9.17) is 0 Å². The highest BCUT2D eigenvalue weighted by Crippen LogP contribution is 2.13. The van der Waals surface area contributed by atoms with Crippen LogP contribution >= 0.6 is 0 Å². The number of esters is 1. The minimum absolute atomic E-state index is 1.17. The molecular formula is C6H10F2O4. The topological polar surface area (TPSA) is 44.8 Å². The third-order valence-corrected chi connectivity index (χ3v) is 1.21. The monoisotopic (exact) mass is 184 g/mol. The van der Waals surface area contributed by atoms with Gasteiger partial charge in [-0.15, -0.1) is 0 Å². The SMILES string of the molecule is COC(C)(OC)OC(=O)C(F)F. The molecule has 0 amide bonds. The summed E-state index contributed by atoms with van der Waals surface area (Å²) in [5, 5.41) is 0. The third-order valence-electron chi connectivity index (χ3n) is 1.21. The van der Waals surface area contributed by atoms with Crippen LogP contribution in [0, 0.1) is 0 Å². The summed E-state index contributed by atoms with van der Waals surface area (Å²) in [6.07, 6.45) is -3.19. The first-order chi connectivity index (χ1) is 5.45. The van der Waals surface area contributed by atoms with E-state index in [0.29, 0.717) is 0 Å². The Kier molecular flexibility index (Phi) is 4.05. The van der Waals surface area contributed by atoms with Gasteiger partial charge in [-0.3, -0.25) is 0 Å². The minimum atomic E-state index is -3.19. The van der Waals surface area contributed by atoms with Crippen molar-refractivity contribution in [3.05, 3.63) is 0 Å². The molecule has 12 heavy (non-hydrogen) atoms. The van der Waals surface area contributed by atoms with Gasteiger partial charge in [0.05, 0.1) is 0 Å². The van der Waals surface area contributed by atoms with Crippen LogP contribution in [0.15, 0.2) is 0 Å². The number of ether oxygens (including phenoxy) is 3. The van der Waals surface area contributed by atoms with Crippen molar-refractivity contribution in [1.82, 2.24) is 0 Å². The summed E-state index contributed by atoms with van der Waals surface area (Å²) in [6, 6.07) is 0. The predicted molar refractivity (Wildman–Crippen MR) is 34.5 cm³/mol. The molecule has 0 N–H and O–H groups in total. The van der Waals surface area contributed by atoms with Crippen LogP contribution < -0.4 is 0 Å². The summed E-state index contributed by atoms with van der Waals surface area (Å²) in [5.41, 5.74) is 0. The number of alkyl halides is 2. The highest BCUT2D eigenvalue weighted by atomic mass is 19.3. The minimum Gasteiger partial charge on any atom is -0.404 e. The van der Waals surface area contributed by atoms with Crippen molar-refractivity contribution in [3.63, 3.8) is 0 Å². The molecule has 0 atom stereocenters. The van der Waals surface area contributed by atoms with E-state index in [1.54, 1.807) is 0 Å². The van der Waals surface area contributed by atoms with Gasteiger partial charge < -0.3 is 14.2 Å². The molecule has 0 radical (unpaired) electrons. The first kappa shape index (κ1) is 11.2. The first-order valence-corrected chi connectivity index (χ1v) is 3.06.